The molecule has 1 saturated heterocycles. The molecule has 8 heteroatoms. The molecule has 182 valence electrons. The first-order chi connectivity index (χ1) is 17.0. The lowest BCUT2D eigenvalue weighted by Gasteiger charge is -2.44. The van der Waals surface area contributed by atoms with Crippen molar-refractivity contribution in [3.05, 3.63) is 71.3 Å². The molecule has 3 atom stereocenters. The van der Waals surface area contributed by atoms with Gasteiger partial charge in [-0.2, -0.15) is 5.26 Å². The second kappa shape index (κ2) is 11.2. The first-order valence-corrected chi connectivity index (χ1v) is 12.2. The van der Waals surface area contributed by atoms with E-state index in [0.29, 0.717) is 42.9 Å². The Morgan fingerprint density at radius 2 is 1.69 bits per heavy atom. The topological polar surface area (TPSA) is 120 Å². The molecule has 2 aromatic rings. The van der Waals surface area contributed by atoms with Crippen LogP contribution in [0.1, 0.15) is 53.2 Å². The molecule has 0 radical (unpaired) electrons. The molecule has 3 amide bonds. The summed E-state index contributed by atoms with van der Waals surface area (Å²) in [6, 6.07) is 17.1. The predicted molar refractivity (Wildman–Crippen MR) is 131 cm³/mol. The Bertz CT molecular complexity index is 1110. The number of hydrogen-bond acceptors (Lipinski definition) is 5. The van der Waals surface area contributed by atoms with Gasteiger partial charge in [-0.15, -0.1) is 0 Å². The highest BCUT2D eigenvalue weighted by Gasteiger charge is 2.38. The van der Waals surface area contributed by atoms with Gasteiger partial charge in [-0.3, -0.25) is 19.3 Å². The van der Waals surface area contributed by atoms with Gasteiger partial charge >= 0.3 is 0 Å². The molecule has 2 aromatic carbocycles. The molecule has 8 nitrogen and oxygen atoms in total. The number of nitrogens with zero attached hydrogens (tertiary/aromatic N) is 3. The number of amides is 3. The summed E-state index contributed by atoms with van der Waals surface area (Å²) in [5.41, 5.74) is 7.28. The number of hydrogen-bond donors (Lipinski definition) is 2. The Labute approximate surface area is 205 Å². The maximum absolute atomic E-state index is 13.3. The summed E-state index contributed by atoms with van der Waals surface area (Å²) in [6.07, 6.45) is 3.68. The summed E-state index contributed by atoms with van der Waals surface area (Å²) in [5.74, 6) is -1.03. The van der Waals surface area contributed by atoms with Crippen molar-refractivity contribution in [2.45, 2.75) is 37.8 Å². The first kappa shape index (κ1) is 24.4. The molecule has 1 heterocycles. The van der Waals surface area contributed by atoms with E-state index in [4.69, 9.17) is 11.0 Å². The largest absolute Gasteiger partial charge is 0.368 e. The second-order valence-electron chi connectivity index (χ2n) is 9.23. The smallest absolute Gasteiger partial charge is 0.253 e. The third kappa shape index (κ3) is 5.69. The predicted octanol–water partition coefficient (Wildman–Crippen LogP) is 2.22. The summed E-state index contributed by atoms with van der Waals surface area (Å²) in [5, 5.41) is 12.0. The molecule has 2 aliphatic rings. The molecule has 35 heavy (non-hydrogen) atoms. The van der Waals surface area contributed by atoms with Crippen LogP contribution in [0.5, 0.6) is 0 Å². The lowest BCUT2D eigenvalue weighted by molar-refractivity contribution is -0.133. The molecule has 1 aliphatic carbocycles. The van der Waals surface area contributed by atoms with E-state index >= 15 is 0 Å². The minimum atomic E-state index is -0.857. The molecule has 1 aliphatic heterocycles. The maximum Gasteiger partial charge on any atom is 0.253 e. The van der Waals surface area contributed by atoms with E-state index in [2.05, 4.69) is 16.3 Å². The zero-order valence-corrected chi connectivity index (χ0v) is 19.7. The lowest BCUT2D eigenvalue weighted by atomic mass is 9.82. The maximum atomic E-state index is 13.3. The number of nitrogens with two attached hydrogens (primary N) is 1. The Hall–Kier alpha value is -3.70. The van der Waals surface area contributed by atoms with Crippen molar-refractivity contribution in [2.75, 3.05) is 26.2 Å². The molecule has 3 N–H and O–H groups in total. The highest BCUT2D eigenvalue weighted by Crippen LogP contribution is 2.30. The minimum absolute atomic E-state index is 0.0622. The third-order valence-electron chi connectivity index (χ3n) is 7.08. The number of rotatable bonds is 6. The van der Waals surface area contributed by atoms with Gasteiger partial charge in [0.25, 0.3) is 5.91 Å². The van der Waals surface area contributed by atoms with Gasteiger partial charge in [0.15, 0.2) is 0 Å². The van der Waals surface area contributed by atoms with Crippen molar-refractivity contribution in [2.24, 2.45) is 11.7 Å². The van der Waals surface area contributed by atoms with Crippen LogP contribution < -0.4 is 11.1 Å². The summed E-state index contributed by atoms with van der Waals surface area (Å²) in [7, 11) is 0. The third-order valence-corrected chi connectivity index (χ3v) is 7.08. The number of carbonyl (C=O) groups is 3. The Balaban J connectivity index is 1.40. The van der Waals surface area contributed by atoms with E-state index in [1.54, 1.807) is 36.4 Å². The van der Waals surface area contributed by atoms with Gasteiger partial charge in [0.1, 0.15) is 6.04 Å². The molecular formula is C27H31N5O3. The van der Waals surface area contributed by atoms with Crippen LogP contribution in [0.4, 0.5) is 0 Å². The van der Waals surface area contributed by atoms with E-state index < -0.39 is 11.9 Å². The van der Waals surface area contributed by atoms with Crippen molar-refractivity contribution in [3.63, 3.8) is 0 Å². The fraction of sp³-hybridized carbons (Fsp3) is 0.407. The second-order valence-corrected chi connectivity index (χ2v) is 9.23. The highest BCUT2D eigenvalue weighted by atomic mass is 16.2. The molecule has 4 rings (SSSR count). The van der Waals surface area contributed by atoms with Gasteiger partial charge in [-0.05, 0) is 36.6 Å². The van der Waals surface area contributed by atoms with E-state index in [-0.39, 0.29) is 23.8 Å². The van der Waals surface area contributed by atoms with Gasteiger partial charge < -0.3 is 16.0 Å². The number of carbonyl (C=O) groups excluding carboxylic acids is 3. The standard InChI is InChI=1S/C27H31N5O3/c28-18-19-7-6-10-21(17-19)27(35)32-15-13-31(14-16-32)23-12-5-4-11-22(23)26(34)30-24(25(29)33)20-8-2-1-3-9-20/h1-3,6-10,17,22-24H,4-5,11-16H2,(H2,29,33)(H,30,34)/t22-,23-,24-/m0/s1. The summed E-state index contributed by atoms with van der Waals surface area (Å²) < 4.78 is 0. The van der Waals surface area contributed by atoms with Crippen molar-refractivity contribution >= 4 is 17.7 Å². The molecule has 1 saturated carbocycles. The van der Waals surface area contributed by atoms with E-state index in [1.165, 1.54) is 0 Å². The monoisotopic (exact) mass is 473 g/mol. The zero-order chi connectivity index (χ0) is 24.8. The zero-order valence-electron chi connectivity index (χ0n) is 19.7. The van der Waals surface area contributed by atoms with Gasteiger partial charge in [-0.1, -0.05) is 49.2 Å². The van der Waals surface area contributed by atoms with Crippen molar-refractivity contribution in [1.82, 2.24) is 15.1 Å². The van der Waals surface area contributed by atoms with Crippen LogP contribution in [0.15, 0.2) is 54.6 Å². The van der Waals surface area contributed by atoms with E-state index in [9.17, 15) is 14.4 Å². The van der Waals surface area contributed by atoms with Crippen LogP contribution in [0.25, 0.3) is 0 Å². The highest BCUT2D eigenvalue weighted by molar-refractivity contribution is 5.94. The van der Waals surface area contributed by atoms with Crippen LogP contribution in [0, 0.1) is 17.2 Å². The van der Waals surface area contributed by atoms with Crippen molar-refractivity contribution in [1.29, 1.82) is 5.26 Å². The normalized spacial score (nSPS) is 21.5. The van der Waals surface area contributed by atoms with Gasteiger partial charge in [0, 0.05) is 37.8 Å². The number of nitriles is 1. The molecular weight excluding hydrogens is 442 g/mol. The molecule has 2 fully saturated rings. The van der Waals surface area contributed by atoms with Gasteiger partial charge in [0.2, 0.25) is 11.8 Å². The summed E-state index contributed by atoms with van der Waals surface area (Å²) in [4.78, 5) is 42.5. The average molecular weight is 474 g/mol. The van der Waals surface area contributed by atoms with Gasteiger partial charge in [-0.25, -0.2) is 0 Å². The summed E-state index contributed by atoms with van der Waals surface area (Å²) in [6.45, 7) is 2.48. The van der Waals surface area contributed by atoms with E-state index in [0.717, 1.165) is 25.7 Å². The fourth-order valence-electron chi connectivity index (χ4n) is 5.23. The van der Waals surface area contributed by atoms with Crippen LogP contribution in [0.2, 0.25) is 0 Å². The fourth-order valence-corrected chi connectivity index (χ4v) is 5.23. The number of nitrogens with one attached hydrogen (secondary N) is 1. The SMILES string of the molecule is N#Cc1cccc(C(=O)N2CCN([C@H]3CCCC[C@@H]3C(=O)N[C@H](C(N)=O)c3ccccc3)CC2)c1. The van der Waals surface area contributed by atoms with E-state index in [1.807, 2.05) is 23.1 Å². The van der Waals surface area contributed by atoms with Gasteiger partial charge in [0.05, 0.1) is 17.6 Å². The number of benzene rings is 2. The number of piperazine rings is 1. The Morgan fingerprint density at radius 1 is 0.971 bits per heavy atom. The Morgan fingerprint density at radius 3 is 2.37 bits per heavy atom. The quantitative estimate of drug-likeness (QED) is 0.667. The van der Waals surface area contributed by atoms with Crippen LogP contribution in [0.3, 0.4) is 0 Å². The molecule has 0 bridgehead atoms. The summed E-state index contributed by atoms with van der Waals surface area (Å²) >= 11 is 0. The van der Waals surface area contributed by atoms with Crippen LogP contribution >= 0.6 is 0 Å². The van der Waals surface area contributed by atoms with Crippen molar-refractivity contribution < 1.29 is 14.4 Å². The average Bonchev–Trinajstić information content (AvgIpc) is 2.91. The molecule has 0 spiro atoms. The molecule has 0 unspecified atom stereocenters. The number of primary amides is 1. The minimum Gasteiger partial charge on any atom is -0.368 e. The van der Waals surface area contributed by atoms with Crippen LogP contribution in [-0.4, -0.2) is 59.7 Å². The molecule has 0 aromatic heterocycles. The van der Waals surface area contributed by atoms with Crippen molar-refractivity contribution in [3.8, 4) is 6.07 Å². The lowest BCUT2D eigenvalue weighted by Crippen LogP contribution is -2.56. The Kier molecular flexibility index (Phi) is 7.78. The van der Waals surface area contributed by atoms with Crippen LogP contribution in [-0.2, 0) is 9.59 Å². The first-order valence-electron chi connectivity index (χ1n) is 12.2.